The van der Waals surface area contributed by atoms with Crippen LogP contribution in [0.2, 0.25) is 0 Å². The molecule has 2 aromatic carbocycles. The molecule has 4 heteroatoms. The highest BCUT2D eigenvalue weighted by molar-refractivity contribution is 5.76. The molecule has 1 aliphatic rings. The summed E-state index contributed by atoms with van der Waals surface area (Å²) in [6.07, 6.45) is 0. The molecule has 1 unspecified atom stereocenters. The third kappa shape index (κ3) is 3.36. The Morgan fingerprint density at radius 1 is 1.00 bits per heavy atom. The van der Waals surface area contributed by atoms with Gasteiger partial charge in [-0.1, -0.05) is 18.2 Å². The van der Waals surface area contributed by atoms with Gasteiger partial charge in [-0.05, 0) is 74.6 Å². The average Bonchev–Trinajstić information content (AvgIpc) is 3.08. The zero-order valence-corrected chi connectivity index (χ0v) is 17.7. The highest BCUT2D eigenvalue weighted by Crippen LogP contribution is 2.29. The van der Waals surface area contributed by atoms with Gasteiger partial charge in [0.05, 0.1) is 30.3 Å². The van der Waals surface area contributed by atoms with E-state index in [-0.39, 0.29) is 6.04 Å². The van der Waals surface area contributed by atoms with Crippen LogP contribution in [0.15, 0.2) is 30.3 Å². The van der Waals surface area contributed by atoms with Crippen molar-refractivity contribution in [1.82, 2.24) is 14.5 Å². The first kappa shape index (κ1) is 19.2. The number of hydrogen-bond acceptors (Lipinski definition) is 3. The second kappa shape index (κ2) is 7.69. The predicted molar refractivity (Wildman–Crippen MR) is 115 cm³/mol. The van der Waals surface area contributed by atoms with Gasteiger partial charge < -0.3 is 9.30 Å². The first-order valence-electron chi connectivity index (χ1n) is 10.3. The molecule has 0 aliphatic carbocycles. The molecule has 4 rings (SSSR count). The molecular weight excluding hydrogens is 346 g/mol. The fraction of sp³-hybridized carbons (Fsp3) is 0.458. The minimum atomic E-state index is 0.266. The number of benzene rings is 2. The van der Waals surface area contributed by atoms with Crippen molar-refractivity contribution in [2.24, 2.45) is 0 Å². The molecule has 0 spiro atoms. The molecule has 4 nitrogen and oxygen atoms in total. The monoisotopic (exact) mass is 377 g/mol. The molecule has 2 heterocycles. The van der Waals surface area contributed by atoms with Crippen molar-refractivity contribution in [2.75, 3.05) is 26.3 Å². The first-order chi connectivity index (χ1) is 13.5. The van der Waals surface area contributed by atoms with Crippen LogP contribution in [0.25, 0.3) is 11.0 Å². The van der Waals surface area contributed by atoms with Gasteiger partial charge in [0.2, 0.25) is 0 Å². The van der Waals surface area contributed by atoms with Gasteiger partial charge in [-0.3, -0.25) is 4.90 Å². The SMILES string of the molecule is Cc1cc(C)c(C)c(Cn2c(C(C)N3CCOCC3)nc3ccccc32)c1C. The molecule has 1 atom stereocenters. The fourth-order valence-electron chi connectivity index (χ4n) is 4.40. The van der Waals surface area contributed by atoms with E-state index >= 15 is 0 Å². The van der Waals surface area contributed by atoms with Crippen molar-refractivity contribution >= 4 is 11.0 Å². The van der Waals surface area contributed by atoms with E-state index in [4.69, 9.17) is 9.72 Å². The smallest absolute Gasteiger partial charge is 0.127 e. The lowest BCUT2D eigenvalue weighted by Crippen LogP contribution is -2.39. The van der Waals surface area contributed by atoms with E-state index in [0.29, 0.717) is 0 Å². The Morgan fingerprint density at radius 3 is 2.32 bits per heavy atom. The van der Waals surface area contributed by atoms with Crippen LogP contribution in [-0.4, -0.2) is 40.8 Å². The number of ether oxygens (including phenoxy) is 1. The molecular formula is C24H31N3O. The van der Waals surface area contributed by atoms with Gasteiger partial charge in [-0.15, -0.1) is 0 Å². The molecule has 1 fully saturated rings. The van der Waals surface area contributed by atoms with Crippen molar-refractivity contribution in [2.45, 2.75) is 47.2 Å². The van der Waals surface area contributed by atoms with Crippen LogP contribution < -0.4 is 0 Å². The van der Waals surface area contributed by atoms with Crippen molar-refractivity contribution in [3.8, 4) is 0 Å². The van der Waals surface area contributed by atoms with E-state index in [1.807, 2.05) is 0 Å². The zero-order chi connectivity index (χ0) is 19.8. The Kier molecular flexibility index (Phi) is 5.26. The number of hydrogen-bond donors (Lipinski definition) is 0. The summed E-state index contributed by atoms with van der Waals surface area (Å²) < 4.78 is 7.99. The number of rotatable bonds is 4. The van der Waals surface area contributed by atoms with Gasteiger partial charge in [0.1, 0.15) is 5.82 Å². The van der Waals surface area contributed by atoms with Crippen molar-refractivity contribution in [1.29, 1.82) is 0 Å². The minimum Gasteiger partial charge on any atom is -0.379 e. The zero-order valence-electron chi connectivity index (χ0n) is 17.7. The third-order valence-electron chi connectivity index (χ3n) is 6.49. The van der Waals surface area contributed by atoms with Crippen LogP contribution >= 0.6 is 0 Å². The molecule has 0 radical (unpaired) electrons. The summed E-state index contributed by atoms with van der Waals surface area (Å²) in [5.74, 6) is 1.15. The largest absolute Gasteiger partial charge is 0.379 e. The molecule has 1 saturated heterocycles. The number of para-hydroxylation sites is 2. The van der Waals surface area contributed by atoms with Crippen LogP contribution in [0.4, 0.5) is 0 Å². The number of fused-ring (bicyclic) bond motifs is 1. The Hall–Kier alpha value is -2.17. The molecule has 3 aromatic rings. The summed E-state index contributed by atoms with van der Waals surface area (Å²) in [6, 6.07) is 11.1. The fourth-order valence-corrected chi connectivity index (χ4v) is 4.40. The van der Waals surface area contributed by atoms with Gasteiger partial charge in [0.25, 0.3) is 0 Å². The first-order valence-corrected chi connectivity index (χ1v) is 10.3. The van der Waals surface area contributed by atoms with E-state index in [1.54, 1.807) is 0 Å². The maximum Gasteiger partial charge on any atom is 0.127 e. The van der Waals surface area contributed by atoms with Crippen molar-refractivity contribution < 1.29 is 4.74 Å². The molecule has 1 aliphatic heterocycles. The normalized spacial score (nSPS) is 16.6. The van der Waals surface area contributed by atoms with E-state index in [2.05, 4.69) is 74.4 Å². The highest BCUT2D eigenvalue weighted by Gasteiger charge is 2.24. The highest BCUT2D eigenvalue weighted by atomic mass is 16.5. The number of imidazole rings is 1. The van der Waals surface area contributed by atoms with E-state index in [9.17, 15) is 0 Å². The predicted octanol–water partition coefficient (Wildman–Crippen LogP) is 4.71. The second-order valence-electron chi connectivity index (χ2n) is 8.11. The Bertz CT molecular complexity index is 972. The molecule has 0 bridgehead atoms. The maximum atomic E-state index is 5.56. The molecule has 28 heavy (non-hydrogen) atoms. The lowest BCUT2D eigenvalue weighted by molar-refractivity contribution is 0.0177. The molecule has 0 amide bonds. The lowest BCUT2D eigenvalue weighted by atomic mass is 9.94. The third-order valence-corrected chi connectivity index (χ3v) is 6.49. The van der Waals surface area contributed by atoms with E-state index in [0.717, 1.165) is 44.2 Å². The number of morpholine rings is 1. The summed E-state index contributed by atoms with van der Waals surface area (Å²) >= 11 is 0. The van der Waals surface area contributed by atoms with E-state index in [1.165, 1.54) is 33.3 Å². The van der Waals surface area contributed by atoms with Crippen LogP contribution in [0.3, 0.4) is 0 Å². The minimum absolute atomic E-state index is 0.266. The van der Waals surface area contributed by atoms with Gasteiger partial charge in [0.15, 0.2) is 0 Å². The standard InChI is InChI=1S/C24H31N3O/c1-16-14-17(2)19(4)21(18(16)3)15-27-23-9-7-6-8-22(23)25-24(27)20(5)26-10-12-28-13-11-26/h6-9,14,20H,10-13,15H2,1-5H3. The van der Waals surface area contributed by atoms with Gasteiger partial charge in [0, 0.05) is 19.6 Å². The summed E-state index contributed by atoms with van der Waals surface area (Å²) in [5, 5.41) is 0. The van der Waals surface area contributed by atoms with Crippen LogP contribution in [0.1, 0.15) is 46.6 Å². The average molecular weight is 378 g/mol. The number of aromatic nitrogens is 2. The summed E-state index contributed by atoms with van der Waals surface area (Å²) in [7, 11) is 0. The lowest BCUT2D eigenvalue weighted by Gasteiger charge is -2.32. The molecule has 0 saturated carbocycles. The second-order valence-corrected chi connectivity index (χ2v) is 8.11. The van der Waals surface area contributed by atoms with Gasteiger partial charge in [-0.2, -0.15) is 0 Å². The molecule has 148 valence electrons. The summed E-state index contributed by atoms with van der Waals surface area (Å²) in [6.45, 7) is 15.6. The molecule has 0 N–H and O–H groups in total. The number of nitrogens with zero attached hydrogens (tertiary/aromatic N) is 3. The summed E-state index contributed by atoms with van der Waals surface area (Å²) in [4.78, 5) is 7.56. The summed E-state index contributed by atoms with van der Waals surface area (Å²) in [5.41, 5.74) is 9.25. The van der Waals surface area contributed by atoms with E-state index < -0.39 is 0 Å². The van der Waals surface area contributed by atoms with Crippen molar-refractivity contribution in [3.05, 3.63) is 64.0 Å². The quantitative estimate of drug-likeness (QED) is 0.659. The topological polar surface area (TPSA) is 30.3 Å². The molecule has 1 aromatic heterocycles. The van der Waals surface area contributed by atoms with Gasteiger partial charge in [-0.25, -0.2) is 4.98 Å². The van der Waals surface area contributed by atoms with Crippen LogP contribution in [0, 0.1) is 27.7 Å². The number of aryl methyl sites for hydroxylation is 2. The maximum absolute atomic E-state index is 5.56. The Labute approximate surface area is 168 Å². The Morgan fingerprint density at radius 2 is 1.64 bits per heavy atom. The van der Waals surface area contributed by atoms with Gasteiger partial charge >= 0.3 is 0 Å². The Balaban J connectivity index is 1.82. The van der Waals surface area contributed by atoms with Crippen molar-refractivity contribution in [3.63, 3.8) is 0 Å². The van der Waals surface area contributed by atoms with Crippen LogP contribution in [0.5, 0.6) is 0 Å². The van der Waals surface area contributed by atoms with Crippen LogP contribution in [-0.2, 0) is 11.3 Å².